The molecule has 0 spiro atoms. The molecule has 108 valence electrons. The normalized spacial score (nSPS) is 9.76. The molecule has 0 aliphatic carbocycles. The minimum Gasteiger partial charge on any atom is -0.463 e. The number of nitrogens with zero attached hydrogens (tertiary/aromatic N) is 4. The van der Waals surface area contributed by atoms with Crippen molar-refractivity contribution in [3.8, 4) is 12.1 Å². The third-order valence-corrected chi connectivity index (χ3v) is 2.52. The van der Waals surface area contributed by atoms with Crippen molar-refractivity contribution in [1.82, 2.24) is 15.0 Å². The van der Waals surface area contributed by atoms with Gasteiger partial charge in [-0.05, 0) is 24.6 Å². The summed E-state index contributed by atoms with van der Waals surface area (Å²) in [4.78, 5) is 12.5. The maximum atomic E-state index is 8.90. The van der Waals surface area contributed by atoms with Crippen LogP contribution in [0.5, 0.6) is 6.01 Å². The highest BCUT2D eigenvalue weighted by Crippen LogP contribution is 2.17. The molecule has 0 aliphatic heterocycles. The second-order valence-electron chi connectivity index (χ2n) is 4.18. The first-order valence-corrected chi connectivity index (χ1v) is 6.59. The van der Waals surface area contributed by atoms with E-state index in [1.165, 1.54) is 0 Å². The van der Waals surface area contributed by atoms with Crippen LogP contribution in [0, 0.1) is 11.3 Å². The number of nitriles is 1. The lowest BCUT2D eigenvalue weighted by Gasteiger charge is -2.09. The van der Waals surface area contributed by atoms with Crippen molar-refractivity contribution in [2.45, 2.75) is 13.3 Å². The fourth-order valence-electron chi connectivity index (χ4n) is 1.58. The molecule has 0 atom stereocenters. The lowest BCUT2D eigenvalue weighted by molar-refractivity contribution is 0.292. The molecule has 2 aromatic rings. The van der Waals surface area contributed by atoms with E-state index >= 15 is 0 Å². The lowest BCUT2D eigenvalue weighted by atomic mass is 10.2. The lowest BCUT2D eigenvalue weighted by Crippen LogP contribution is -2.07. The average Bonchev–Trinajstić information content (AvgIpc) is 2.52. The van der Waals surface area contributed by atoms with Crippen LogP contribution in [0.15, 0.2) is 24.3 Å². The zero-order valence-electron chi connectivity index (χ0n) is 11.9. The number of anilines is 3. The Balaban J connectivity index is 2.23. The van der Waals surface area contributed by atoms with Gasteiger partial charge in [0.2, 0.25) is 11.9 Å². The van der Waals surface area contributed by atoms with Crippen molar-refractivity contribution in [1.29, 1.82) is 5.26 Å². The summed E-state index contributed by atoms with van der Waals surface area (Å²) in [6.45, 7) is 2.54. The number of rotatable bonds is 6. The maximum absolute atomic E-state index is 8.90. The summed E-state index contributed by atoms with van der Waals surface area (Å²) in [7, 11) is 1.72. The molecule has 21 heavy (non-hydrogen) atoms. The molecule has 7 nitrogen and oxygen atoms in total. The summed E-state index contributed by atoms with van der Waals surface area (Å²) in [5.74, 6) is 0.769. The van der Waals surface area contributed by atoms with E-state index in [1.807, 2.05) is 13.0 Å². The Bertz CT molecular complexity index is 652. The van der Waals surface area contributed by atoms with Gasteiger partial charge in [0.25, 0.3) is 0 Å². The number of benzene rings is 1. The van der Waals surface area contributed by atoms with Crippen molar-refractivity contribution in [3.63, 3.8) is 0 Å². The minimum atomic E-state index is 0.259. The Morgan fingerprint density at radius 1 is 1.24 bits per heavy atom. The van der Waals surface area contributed by atoms with Crippen LogP contribution in [0.2, 0.25) is 0 Å². The van der Waals surface area contributed by atoms with E-state index in [1.54, 1.807) is 25.2 Å². The van der Waals surface area contributed by atoms with Crippen LogP contribution >= 0.6 is 0 Å². The highest BCUT2D eigenvalue weighted by molar-refractivity contribution is 5.57. The van der Waals surface area contributed by atoms with Crippen LogP contribution in [0.1, 0.15) is 18.9 Å². The van der Waals surface area contributed by atoms with Crippen molar-refractivity contribution in [2.75, 3.05) is 24.3 Å². The summed E-state index contributed by atoms with van der Waals surface area (Å²) in [5, 5.41) is 14.8. The molecular formula is C14H16N6O. The topological polar surface area (TPSA) is 95.8 Å². The Hall–Kier alpha value is -2.88. The molecule has 1 aromatic heterocycles. The van der Waals surface area contributed by atoms with Gasteiger partial charge in [0.15, 0.2) is 0 Å². The van der Waals surface area contributed by atoms with Gasteiger partial charge in [0, 0.05) is 12.7 Å². The van der Waals surface area contributed by atoms with Gasteiger partial charge in [-0.15, -0.1) is 0 Å². The molecule has 0 fully saturated rings. The molecule has 0 radical (unpaired) electrons. The standard InChI is InChI=1S/C14H16N6O/c1-3-7-21-14-19-12(16-2)18-13(20-14)17-11-6-4-5-10(8-11)9-15/h4-6,8H,3,7H2,1-2H3,(H2,16,17,18,19,20). The molecule has 1 aromatic carbocycles. The van der Waals surface area contributed by atoms with Crippen LogP contribution in [0.25, 0.3) is 0 Å². The second-order valence-corrected chi connectivity index (χ2v) is 4.18. The molecule has 0 amide bonds. The van der Waals surface area contributed by atoms with E-state index < -0.39 is 0 Å². The molecule has 0 saturated carbocycles. The van der Waals surface area contributed by atoms with Crippen molar-refractivity contribution >= 4 is 17.6 Å². The molecule has 2 N–H and O–H groups in total. The van der Waals surface area contributed by atoms with E-state index in [2.05, 4.69) is 31.7 Å². The Morgan fingerprint density at radius 2 is 2.05 bits per heavy atom. The number of hydrogen-bond acceptors (Lipinski definition) is 7. The summed E-state index contributed by atoms with van der Waals surface area (Å²) in [5.41, 5.74) is 1.29. The maximum Gasteiger partial charge on any atom is 0.323 e. The van der Waals surface area contributed by atoms with Gasteiger partial charge in [0.1, 0.15) is 0 Å². The van der Waals surface area contributed by atoms with E-state index in [0.717, 1.165) is 12.1 Å². The third-order valence-electron chi connectivity index (χ3n) is 2.52. The van der Waals surface area contributed by atoms with Crippen LogP contribution < -0.4 is 15.4 Å². The van der Waals surface area contributed by atoms with Crippen LogP contribution in [0.4, 0.5) is 17.6 Å². The molecule has 1 heterocycles. The van der Waals surface area contributed by atoms with Gasteiger partial charge in [-0.1, -0.05) is 13.0 Å². The van der Waals surface area contributed by atoms with Gasteiger partial charge in [0.05, 0.1) is 18.2 Å². The number of ether oxygens (including phenoxy) is 1. The van der Waals surface area contributed by atoms with E-state index in [0.29, 0.717) is 24.1 Å². The summed E-state index contributed by atoms with van der Waals surface area (Å²) in [6.07, 6.45) is 0.869. The number of aromatic nitrogens is 3. The van der Waals surface area contributed by atoms with E-state index in [-0.39, 0.29) is 6.01 Å². The Labute approximate surface area is 123 Å². The summed E-state index contributed by atoms with van der Waals surface area (Å²) < 4.78 is 5.43. The summed E-state index contributed by atoms with van der Waals surface area (Å²) in [6, 6.07) is 9.41. The molecular weight excluding hydrogens is 268 g/mol. The third kappa shape index (κ3) is 4.04. The Kier molecular flexibility index (Phi) is 4.88. The van der Waals surface area contributed by atoms with Crippen LogP contribution in [0.3, 0.4) is 0 Å². The predicted octanol–water partition coefficient (Wildman–Crippen LogP) is 2.32. The Morgan fingerprint density at radius 3 is 2.76 bits per heavy atom. The molecule has 0 bridgehead atoms. The predicted molar refractivity (Wildman–Crippen MR) is 79.6 cm³/mol. The quantitative estimate of drug-likeness (QED) is 0.840. The van der Waals surface area contributed by atoms with Gasteiger partial charge in [-0.3, -0.25) is 0 Å². The first kappa shape index (κ1) is 14.5. The number of hydrogen-bond donors (Lipinski definition) is 2. The van der Waals surface area contributed by atoms with Gasteiger partial charge >= 0.3 is 6.01 Å². The van der Waals surface area contributed by atoms with E-state index in [4.69, 9.17) is 10.00 Å². The van der Waals surface area contributed by atoms with Crippen molar-refractivity contribution in [3.05, 3.63) is 29.8 Å². The minimum absolute atomic E-state index is 0.259. The fraction of sp³-hybridized carbons (Fsp3) is 0.286. The largest absolute Gasteiger partial charge is 0.463 e. The van der Waals surface area contributed by atoms with Gasteiger partial charge in [-0.2, -0.15) is 20.2 Å². The molecule has 0 unspecified atom stereocenters. The monoisotopic (exact) mass is 284 g/mol. The molecule has 2 rings (SSSR count). The van der Waals surface area contributed by atoms with Gasteiger partial charge in [-0.25, -0.2) is 0 Å². The average molecular weight is 284 g/mol. The van der Waals surface area contributed by atoms with Crippen LogP contribution in [-0.2, 0) is 0 Å². The zero-order valence-corrected chi connectivity index (χ0v) is 11.9. The van der Waals surface area contributed by atoms with E-state index in [9.17, 15) is 0 Å². The first-order valence-electron chi connectivity index (χ1n) is 6.59. The molecule has 0 saturated heterocycles. The second kappa shape index (κ2) is 7.05. The summed E-state index contributed by atoms with van der Waals surface area (Å²) >= 11 is 0. The number of nitrogens with one attached hydrogen (secondary N) is 2. The van der Waals surface area contributed by atoms with Gasteiger partial charge < -0.3 is 15.4 Å². The zero-order chi connectivity index (χ0) is 15.1. The van der Waals surface area contributed by atoms with Crippen molar-refractivity contribution < 1.29 is 4.74 Å². The van der Waals surface area contributed by atoms with Crippen LogP contribution in [-0.4, -0.2) is 28.6 Å². The highest BCUT2D eigenvalue weighted by atomic mass is 16.5. The molecule has 0 aliphatic rings. The fourth-order valence-corrected chi connectivity index (χ4v) is 1.58. The SMILES string of the molecule is CCCOc1nc(NC)nc(Nc2cccc(C#N)c2)n1. The first-order chi connectivity index (χ1) is 10.2. The molecule has 7 heteroatoms. The van der Waals surface area contributed by atoms with Crippen molar-refractivity contribution in [2.24, 2.45) is 0 Å². The highest BCUT2D eigenvalue weighted by Gasteiger charge is 2.07. The smallest absolute Gasteiger partial charge is 0.323 e.